The number of rotatable bonds is 5. The van der Waals surface area contributed by atoms with Crippen molar-refractivity contribution in [1.29, 1.82) is 0 Å². The molecule has 0 amide bonds. The van der Waals surface area contributed by atoms with E-state index in [1.807, 2.05) is 0 Å². The Kier molecular flexibility index (Phi) is 4.55. The average Bonchev–Trinajstić information content (AvgIpc) is 2.26. The molecule has 0 heterocycles. The molecule has 0 aromatic heterocycles. The smallest absolute Gasteiger partial charge is 0.309 e. The van der Waals surface area contributed by atoms with Crippen molar-refractivity contribution in [1.82, 2.24) is 0 Å². The Morgan fingerprint density at radius 1 is 1.42 bits per heavy atom. The molecule has 0 aliphatic carbocycles. The van der Waals surface area contributed by atoms with E-state index in [9.17, 15) is 13.6 Å². The number of alkyl halides is 2. The van der Waals surface area contributed by atoms with Gasteiger partial charge in [0.05, 0.1) is 12.5 Å². The van der Waals surface area contributed by atoms with E-state index in [-0.39, 0.29) is 10.0 Å². The van der Waals surface area contributed by atoms with Gasteiger partial charge in [-0.3, -0.25) is 4.79 Å². The Morgan fingerprint density at radius 3 is 2.42 bits per heavy atom. The largest absolute Gasteiger partial charge is 0.497 e. The number of carboxylic acids is 1. The predicted molar refractivity (Wildman–Crippen MR) is 70.6 cm³/mol. The van der Waals surface area contributed by atoms with Crippen LogP contribution in [0, 0.1) is 5.41 Å². The van der Waals surface area contributed by atoms with E-state index >= 15 is 0 Å². The van der Waals surface area contributed by atoms with Gasteiger partial charge in [-0.15, -0.1) is 0 Å². The number of benzene rings is 1. The average molecular weight is 337 g/mol. The third kappa shape index (κ3) is 3.65. The third-order valence-electron chi connectivity index (χ3n) is 2.81. The summed E-state index contributed by atoms with van der Waals surface area (Å²) in [4.78, 5) is 11.0. The Bertz CT molecular complexity index is 487. The van der Waals surface area contributed by atoms with Crippen molar-refractivity contribution in [3.05, 3.63) is 28.2 Å². The molecule has 1 N–H and O–H groups in total. The minimum absolute atomic E-state index is 0.193. The van der Waals surface area contributed by atoms with Crippen LogP contribution in [0.1, 0.15) is 25.8 Å². The van der Waals surface area contributed by atoms with Crippen molar-refractivity contribution < 1.29 is 23.4 Å². The van der Waals surface area contributed by atoms with Crippen LogP contribution in [0.25, 0.3) is 0 Å². The van der Waals surface area contributed by atoms with Gasteiger partial charge in [0, 0.05) is 16.5 Å². The van der Waals surface area contributed by atoms with Gasteiger partial charge >= 0.3 is 5.97 Å². The molecule has 1 aromatic rings. The lowest BCUT2D eigenvalue weighted by Crippen LogP contribution is -2.31. The number of carbonyl (C=O) groups is 1. The number of hydrogen-bond acceptors (Lipinski definition) is 2. The van der Waals surface area contributed by atoms with E-state index in [2.05, 4.69) is 15.9 Å². The highest BCUT2D eigenvalue weighted by Crippen LogP contribution is 2.43. The molecule has 0 aliphatic heterocycles. The highest BCUT2D eigenvalue weighted by atomic mass is 79.9. The van der Waals surface area contributed by atoms with Crippen molar-refractivity contribution in [3.8, 4) is 5.75 Å². The molecule has 0 saturated heterocycles. The fraction of sp³-hybridized carbons (Fsp3) is 0.462. The quantitative estimate of drug-likeness (QED) is 0.882. The molecule has 0 saturated carbocycles. The Labute approximate surface area is 118 Å². The molecule has 0 radical (unpaired) electrons. The van der Waals surface area contributed by atoms with Gasteiger partial charge in [-0.1, -0.05) is 15.9 Å². The summed E-state index contributed by atoms with van der Waals surface area (Å²) in [6, 6.07) is 4.08. The molecule has 0 spiro atoms. The molecular weight excluding hydrogens is 322 g/mol. The maximum atomic E-state index is 14.2. The monoisotopic (exact) mass is 336 g/mol. The Hall–Kier alpha value is -1.17. The number of ether oxygens (including phenoxy) is 1. The zero-order valence-electron chi connectivity index (χ0n) is 10.8. The summed E-state index contributed by atoms with van der Waals surface area (Å²) in [6.07, 6.45) is -0.778. The molecule has 1 rings (SSSR count). The number of aliphatic carboxylic acids is 1. The first kappa shape index (κ1) is 15.9. The lowest BCUT2D eigenvalue weighted by molar-refractivity contribution is -0.153. The second-order valence-corrected chi connectivity index (χ2v) is 5.77. The van der Waals surface area contributed by atoms with Gasteiger partial charge in [-0.05, 0) is 32.0 Å². The lowest BCUT2D eigenvalue weighted by atomic mass is 9.84. The van der Waals surface area contributed by atoms with E-state index in [4.69, 9.17) is 9.84 Å². The maximum absolute atomic E-state index is 14.2. The highest BCUT2D eigenvalue weighted by molar-refractivity contribution is 9.10. The van der Waals surface area contributed by atoms with E-state index in [1.54, 1.807) is 0 Å². The van der Waals surface area contributed by atoms with E-state index in [0.29, 0.717) is 5.75 Å². The van der Waals surface area contributed by atoms with Crippen LogP contribution in [-0.4, -0.2) is 18.2 Å². The number of carboxylic acid groups (broad SMARTS) is 1. The van der Waals surface area contributed by atoms with E-state index in [0.717, 1.165) is 0 Å². The second-order valence-electron chi connectivity index (χ2n) is 4.92. The van der Waals surface area contributed by atoms with Crippen LogP contribution in [0.3, 0.4) is 0 Å². The minimum atomic E-state index is -3.24. The number of methoxy groups -OCH3 is 1. The van der Waals surface area contributed by atoms with Crippen molar-refractivity contribution in [3.63, 3.8) is 0 Å². The van der Waals surface area contributed by atoms with Crippen LogP contribution in [0.15, 0.2) is 22.7 Å². The first-order chi connectivity index (χ1) is 8.60. The summed E-state index contributed by atoms with van der Waals surface area (Å²) in [5.41, 5.74) is -1.76. The maximum Gasteiger partial charge on any atom is 0.309 e. The van der Waals surface area contributed by atoms with Gasteiger partial charge in [0.15, 0.2) is 0 Å². The second kappa shape index (κ2) is 5.45. The van der Waals surface area contributed by atoms with Crippen LogP contribution in [0.2, 0.25) is 0 Å². The minimum Gasteiger partial charge on any atom is -0.497 e. The summed E-state index contributed by atoms with van der Waals surface area (Å²) in [6.45, 7) is 2.56. The van der Waals surface area contributed by atoms with Gasteiger partial charge in [-0.25, -0.2) is 8.78 Å². The Morgan fingerprint density at radius 2 is 2.00 bits per heavy atom. The fourth-order valence-electron chi connectivity index (χ4n) is 1.65. The van der Waals surface area contributed by atoms with Gasteiger partial charge in [-0.2, -0.15) is 0 Å². The summed E-state index contributed by atoms with van der Waals surface area (Å²) >= 11 is 3.06. The summed E-state index contributed by atoms with van der Waals surface area (Å²) in [5, 5.41) is 8.94. The molecule has 0 bridgehead atoms. The van der Waals surface area contributed by atoms with Gasteiger partial charge in [0.1, 0.15) is 5.75 Å². The van der Waals surface area contributed by atoms with Gasteiger partial charge < -0.3 is 9.84 Å². The van der Waals surface area contributed by atoms with E-state index in [1.165, 1.54) is 39.2 Å². The van der Waals surface area contributed by atoms with Crippen LogP contribution in [-0.2, 0) is 10.7 Å². The predicted octanol–water partition coefficient (Wildman–Crippen LogP) is 4.05. The van der Waals surface area contributed by atoms with Crippen molar-refractivity contribution in [2.75, 3.05) is 7.11 Å². The zero-order chi connectivity index (χ0) is 14.8. The van der Waals surface area contributed by atoms with Crippen LogP contribution >= 0.6 is 15.9 Å². The normalized spacial score (nSPS) is 12.3. The molecule has 0 fully saturated rings. The lowest BCUT2D eigenvalue weighted by Gasteiger charge is -2.26. The first-order valence-corrected chi connectivity index (χ1v) is 6.35. The van der Waals surface area contributed by atoms with Gasteiger partial charge in [0.25, 0.3) is 5.92 Å². The molecular formula is C13H15BrF2O3. The molecule has 0 unspecified atom stereocenters. The third-order valence-corrected chi connectivity index (χ3v) is 3.47. The molecule has 3 nitrogen and oxygen atoms in total. The molecule has 1 aromatic carbocycles. The van der Waals surface area contributed by atoms with Gasteiger partial charge in [0.2, 0.25) is 0 Å². The molecule has 19 heavy (non-hydrogen) atoms. The molecule has 6 heteroatoms. The first-order valence-electron chi connectivity index (χ1n) is 5.55. The topological polar surface area (TPSA) is 46.5 Å². The fourth-order valence-corrected chi connectivity index (χ4v) is 2.29. The van der Waals surface area contributed by atoms with E-state index < -0.39 is 23.7 Å². The summed E-state index contributed by atoms with van der Waals surface area (Å²) in [5.74, 6) is -4.05. The molecule has 0 atom stereocenters. The molecule has 106 valence electrons. The van der Waals surface area contributed by atoms with Crippen molar-refractivity contribution in [2.45, 2.75) is 26.2 Å². The Balaban J connectivity index is 3.10. The van der Waals surface area contributed by atoms with Crippen molar-refractivity contribution in [2.24, 2.45) is 5.41 Å². The highest BCUT2D eigenvalue weighted by Gasteiger charge is 2.43. The van der Waals surface area contributed by atoms with Crippen LogP contribution < -0.4 is 4.74 Å². The number of hydrogen-bond donors (Lipinski definition) is 1. The standard InChI is InChI=1S/C13H15BrF2O3/c1-12(2,11(17)18)7-13(15,16)9-5-4-8(19-3)6-10(9)14/h4-6H,7H2,1-3H3,(H,17,18). The number of halogens is 3. The molecule has 0 aliphatic rings. The van der Waals surface area contributed by atoms with Crippen LogP contribution in [0.4, 0.5) is 8.78 Å². The summed E-state index contributed by atoms with van der Waals surface area (Å²) < 4.78 is 33.5. The SMILES string of the molecule is COc1ccc(C(F)(F)CC(C)(C)C(=O)O)c(Br)c1. The summed E-state index contributed by atoms with van der Waals surface area (Å²) in [7, 11) is 1.44. The van der Waals surface area contributed by atoms with Crippen molar-refractivity contribution >= 4 is 21.9 Å². The zero-order valence-corrected chi connectivity index (χ0v) is 12.4. The van der Waals surface area contributed by atoms with Crippen LogP contribution in [0.5, 0.6) is 5.75 Å².